The number of ether oxygens (including phenoxy) is 1. The van der Waals surface area contributed by atoms with Crippen molar-refractivity contribution in [3.63, 3.8) is 0 Å². The molecule has 1 amide bonds. The third-order valence-corrected chi connectivity index (χ3v) is 4.76. The summed E-state index contributed by atoms with van der Waals surface area (Å²) in [5, 5.41) is 15.6. The number of benzene rings is 1. The number of para-hydroxylation sites is 1. The number of aromatic nitrogens is 5. The van der Waals surface area contributed by atoms with Gasteiger partial charge in [0, 0.05) is 24.7 Å². The van der Waals surface area contributed by atoms with Crippen molar-refractivity contribution in [1.29, 1.82) is 0 Å². The van der Waals surface area contributed by atoms with Crippen molar-refractivity contribution >= 4 is 5.91 Å². The maximum Gasteiger partial charge on any atom is 0.270 e. The largest absolute Gasteiger partial charge is 0.369 e. The molecule has 2 atom stereocenters. The third-order valence-electron chi connectivity index (χ3n) is 4.76. The van der Waals surface area contributed by atoms with E-state index in [1.165, 1.54) is 0 Å². The molecule has 2 aromatic heterocycles. The van der Waals surface area contributed by atoms with Crippen molar-refractivity contribution in [3.05, 3.63) is 59.4 Å². The molecule has 3 heterocycles. The Morgan fingerprint density at radius 3 is 2.85 bits per heavy atom. The summed E-state index contributed by atoms with van der Waals surface area (Å²) in [4.78, 5) is 12.9. The molecule has 1 N–H and O–H groups in total. The van der Waals surface area contributed by atoms with Gasteiger partial charge in [0.15, 0.2) is 5.82 Å². The van der Waals surface area contributed by atoms with Crippen LogP contribution in [-0.4, -0.2) is 36.6 Å². The lowest BCUT2D eigenvalue weighted by atomic mass is 9.99. The minimum atomic E-state index is -0.171. The molecule has 4 rings (SSSR count). The molecule has 0 spiro atoms. The molecular formula is C19H22N6O2. The van der Waals surface area contributed by atoms with Crippen molar-refractivity contribution in [2.75, 3.05) is 0 Å². The first-order chi connectivity index (χ1) is 13.0. The number of fused-ring (bicyclic) bond motifs is 1. The zero-order valence-corrected chi connectivity index (χ0v) is 15.6. The van der Waals surface area contributed by atoms with Crippen molar-refractivity contribution in [2.24, 2.45) is 7.05 Å². The number of nitrogens with zero attached hydrogens (tertiary/aromatic N) is 5. The van der Waals surface area contributed by atoms with Crippen LogP contribution in [0.2, 0.25) is 0 Å². The lowest BCUT2D eigenvalue weighted by molar-refractivity contribution is -0.00710. The molecule has 140 valence electrons. The molecule has 27 heavy (non-hydrogen) atoms. The second kappa shape index (κ2) is 6.96. The third kappa shape index (κ3) is 3.23. The molecule has 0 unspecified atom stereocenters. The van der Waals surface area contributed by atoms with E-state index in [0.29, 0.717) is 17.9 Å². The second-order valence-electron chi connectivity index (χ2n) is 6.76. The van der Waals surface area contributed by atoms with Crippen molar-refractivity contribution in [1.82, 2.24) is 29.9 Å². The van der Waals surface area contributed by atoms with Crippen LogP contribution >= 0.6 is 0 Å². The average Bonchev–Trinajstić information content (AvgIpc) is 3.24. The molecule has 0 aliphatic carbocycles. The highest BCUT2D eigenvalue weighted by molar-refractivity contribution is 5.94. The first-order valence-electron chi connectivity index (χ1n) is 8.98. The van der Waals surface area contributed by atoms with Crippen LogP contribution in [-0.2, 0) is 24.8 Å². The summed E-state index contributed by atoms with van der Waals surface area (Å²) >= 11 is 0. The highest BCUT2D eigenvalue weighted by Gasteiger charge is 2.31. The van der Waals surface area contributed by atoms with Gasteiger partial charge >= 0.3 is 0 Å². The average molecular weight is 366 g/mol. The second-order valence-corrected chi connectivity index (χ2v) is 6.76. The normalized spacial score (nSPS) is 18.9. The van der Waals surface area contributed by atoms with Crippen LogP contribution in [0.25, 0.3) is 5.69 Å². The number of carbonyl (C=O) groups is 1. The van der Waals surface area contributed by atoms with Gasteiger partial charge in [-0.15, -0.1) is 10.2 Å². The van der Waals surface area contributed by atoms with E-state index in [1.54, 1.807) is 18.1 Å². The minimum absolute atomic E-state index is 0.0597. The lowest BCUT2D eigenvalue weighted by Gasteiger charge is -2.24. The zero-order valence-electron chi connectivity index (χ0n) is 15.6. The number of hydrogen-bond acceptors (Lipinski definition) is 5. The van der Waals surface area contributed by atoms with Gasteiger partial charge in [0.2, 0.25) is 0 Å². The highest BCUT2D eigenvalue weighted by Crippen LogP contribution is 2.31. The number of nitrogens with one attached hydrogen (secondary N) is 1. The summed E-state index contributed by atoms with van der Waals surface area (Å²) in [7, 11) is 1.79. The van der Waals surface area contributed by atoms with Gasteiger partial charge in [-0.1, -0.05) is 18.2 Å². The van der Waals surface area contributed by atoms with E-state index in [9.17, 15) is 4.79 Å². The Hall–Kier alpha value is -3.00. The lowest BCUT2D eigenvalue weighted by Crippen LogP contribution is -2.29. The van der Waals surface area contributed by atoms with Crippen LogP contribution in [0.15, 0.2) is 36.7 Å². The molecule has 8 nitrogen and oxygen atoms in total. The summed E-state index contributed by atoms with van der Waals surface area (Å²) < 4.78 is 9.31. The fraction of sp³-hybridized carbons (Fsp3) is 0.368. The zero-order chi connectivity index (χ0) is 19.0. The summed E-state index contributed by atoms with van der Waals surface area (Å²) in [6.07, 6.45) is 2.27. The Morgan fingerprint density at radius 2 is 2.07 bits per heavy atom. The maximum absolute atomic E-state index is 12.9. The van der Waals surface area contributed by atoms with Gasteiger partial charge < -0.3 is 10.1 Å². The summed E-state index contributed by atoms with van der Waals surface area (Å²) in [5.41, 5.74) is 3.33. The maximum atomic E-state index is 12.9. The molecule has 0 fully saturated rings. The number of amides is 1. The van der Waals surface area contributed by atoms with E-state index in [-0.39, 0.29) is 24.7 Å². The molecule has 0 saturated carbocycles. The van der Waals surface area contributed by atoms with Gasteiger partial charge in [-0.05, 0) is 26.0 Å². The number of hydrogen-bond donors (Lipinski definition) is 1. The highest BCUT2D eigenvalue weighted by atomic mass is 16.5. The molecule has 8 heteroatoms. The van der Waals surface area contributed by atoms with Crippen LogP contribution in [0, 0.1) is 0 Å². The van der Waals surface area contributed by atoms with Gasteiger partial charge in [-0.2, -0.15) is 5.10 Å². The molecule has 1 aliphatic heterocycles. The van der Waals surface area contributed by atoms with E-state index in [4.69, 9.17) is 4.74 Å². The minimum Gasteiger partial charge on any atom is -0.369 e. The Balaban J connectivity index is 1.55. The standard InChI is InChI=1S/C19H22N6O2/c1-12-9-15-17(13(2)27-12)23-24(3)18(15)19(26)20-10-16-22-21-11-25(16)14-7-5-4-6-8-14/h4-8,11-13H,9-10H2,1-3H3,(H,20,26)/t12-,13+/m1/s1. The topological polar surface area (TPSA) is 86.9 Å². The van der Waals surface area contributed by atoms with Crippen LogP contribution in [0.1, 0.15) is 47.5 Å². The number of aryl methyl sites for hydroxylation is 1. The Bertz CT molecular complexity index is 962. The fourth-order valence-corrected chi connectivity index (χ4v) is 3.58. The van der Waals surface area contributed by atoms with Crippen LogP contribution in [0.4, 0.5) is 0 Å². The van der Waals surface area contributed by atoms with Crippen molar-refractivity contribution in [3.8, 4) is 5.69 Å². The molecular weight excluding hydrogens is 344 g/mol. The van der Waals surface area contributed by atoms with Gasteiger partial charge in [0.1, 0.15) is 12.0 Å². The molecule has 1 aliphatic rings. The Kier molecular flexibility index (Phi) is 4.49. The van der Waals surface area contributed by atoms with Crippen molar-refractivity contribution < 1.29 is 9.53 Å². The van der Waals surface area contributed by atoms with E-state index in [2.05, 4.69) is 20.6 Å². The van der Waals surface area contributed by atoms with Gasteiger partial charge in [0.05, 0.1) is 24.4 Å². The van der Waals surface area contributed by atoms with Gasteiger partial charge in [-0.3, -0.25) is 14.0 Å². The number of rotatable bonds is 4. The summed E-state index contributed by atoms with van der Waals surface area (Å²) in [6, 6.07) is 9.78. The number of carbonyl (C=O) groups excluding carboxylic acids is 1. The Morgan fingerprint density at radius 1 is 1.30 bits per heavy atom. The monoisotopic (exact) mass is 366 g/mol. The van der Waals surface area contributed by atoms with E-state index >= 15 is 0 Å². The predicted molar refractivity (Wildman–Crippen MR) is 98.4 cm³/mol. The van der Waals surface area contributed by atoms with Crippen LogP contribution < -0.4 is 5.32 Å². The van der Waals surface area contributed by atoms with E-state index in [0.717, 1.165) is 16.9 Å². The van der Waals surface area contributed by atoms with Crippen molar-refractivity contribution in [2.45, 2.75) is 39.0 Å². The summed E-state index contributed by atoms with van der Waals surface area (Å²) in [6.45, 7) is 4.25. The quantitative estimate of drug-likeness (QED) is 0.763. The molecule has 3 aromatic rings. The van der Waals surface area contributed by atoms with Crippen LogP contribution in [0.3, 0.4) is 0 Å². The summed E-state index contributed by atoms with van der Waals surface area (Å²) in [5.74, 6) is 0.491. The molecule has 0 radical (unpaired) electrons. The fourth-order valence-electron chi connectivity index (χ4n) is 3.58. The smallest absolute Gasteiger partial charge is 0.270 e. The SMILES string of the molecule is C[C@@H]1Cc2c(nn(C)c2C(=O)NCc2nncn2-c2ccccc2)[C@H](C)O1. The van der Waals surface area contributed by atoms with E-state index < -0.39 is 0 Å². The van der Waals surface area contributed by atoms with E-state index in [1.807, 2.05) is 48.7 Å². The Labute approximate surface area is 157 Å². The van der Waals surface area contributed by atoms with Gasteiger partial charge in [-0.25, -0.2) is 0 Å². The van der Waals surface area contributed by atoms with Crippen LogP contribution in [0.5, 0.6) is 0 Å². The first kappa shape index (κ1) is 17.4. The predicted octanol–water partition coefficient (Wildman–Crippen LogP) is 1.95. The molecule has 1 aromatic carbocycles. The molecule has 0 bridgehead atoms. The molecule has 0 saturated heterocycles. The first-order valence-corrected chi connectivity index (χ1v) is 8.98. The van der Waals surface area contributed by atoms with Gasteiger partial charge in [0.25, 0.3) is 5.91 Å².